The molecule has 1 atom stereocenters. The van der Waals surface area contributed by atoms with Gasteiger partial charge in [-0.15, -0.1) is 0 Å². The van der Waals surface area contributed by atoms with Crippen molar-refractivity contribution in [3.8, 4) is 6.07 Å². The van der Waals surface area contributed by atoms with Gasteiger partial charge in [-0.2, -0.15) is 5.26 Å². The van der Waals surface area contributed by atoms with E-state index >= 15 is 0 Å². The summed E-state index contributed by atoms with van der Waals surface area (Å²) in [5, 5.41) is 15.3. The highest BCUT2D eigenvalue weighted by Gasteiger charge is 2.13. The maximum absolute atomic E-state index is 8.89. The Balaban J connectivity index is 1.91. The van der Waals surface area contributed by atoms with Gasteiger partial charge in [0, 0.05) is 25.8 Å². The molecule has 0 spiro atoms. The largest absolute Gasteiger partial charge is 0.380 e. The molecule has 2 rings (SSSR count). The van der Waals surface area contributed by atoms with Gasteiger partial charge in [0.1, 0.15) is 6.07 Å². The molecule has 5 nitrogen and oxygen atoms in total. The van der Waals surface area contributed by atoms with Gasteiger partial charge in [0.2, 0.25) is 0 Å². The van der Waals surface area contributed by atoms with Crippen LogP contribution in [-0.2, 0) is 4.74 Å². The number of pyridine rings is 1. The first-order valence-electron chi connectivity index (χ1n) is 5.30. The van der Waals surface area contributed by atoms with Gasteiger partial charge in [0.15, 0.2) is 0 Å². The average Bonchev–Trinajstić information content (AvgIpc) is 2.38. The minimum absolute atomic E-state index is 0.153. The standard InChI is InChI=1S/C11H14N4O/c12-5-9-1-2-13-8-11(9)15-7-10-6-14-3-4-16-10/h1-2,8,10,14-15H,3-4,6-7H2. The third kappa shape index (κ3) is 2.69. The zero-order valence-corrected chi connectivity index (χ0v) is 8.94. The van der Waals surface area contributed by atoms with Crippen molar-refractivity contribution in [1.82, 2.24) is 10.3 Å². The van der Waals surface area contributed by atoms with Crippen molar-refractivity contribution in [3.05, 3.63) is 24.0 Å². The highest BCUT2D eigenvalue weighted by molar-refractivity contribution is 5.55. The molecule has 0 radical (unpaired) electrons. The Hall–Kier alpha value is -1.64. The lowest BCUT2D eigenvalue weighted by atomic mass is 10.2. The van der Waals surface area contributed by atoms with Crippen molar-refractivity contribution in [2.24, 2.45) is 0 Å². The van der Waals surface area contributed by atoms with E-state index in [9.17, 15) is 0 Å². The minimum Gasteiger partial charge on any atom is -0.380 e. The highest BCUT2D eigenvalue weighted by Crippen LogP contribution is 2.12. The fraction of sp³-hybridized carbons (Fsp3) is 0.455. The van der Waals surface area contributed by atoms with Gasteiger partial charge in [-0.05, 0) is 6.07 Å². The summed E-state index contributed by atoms with van der Waals surface area (Å²) < 4.78 is 5.54. The van der Waals surface area contributed by atoms with E-state index in [0.29, 0.717) is 12.1 Å². The van der Waals surface area contributed by atoms with Gasteiger partial charge < -0.3 is 15.4 Å². The lowest BCUT2D eigenvalue weighted by Crippen LogP contribution is -2.42. The smallest absolute Gasteiger partial charge is 0.101 e. The van der Waals surface area contributed by atoms with Gasteiger partial charge >= 0.3 is 0 Å². The zero-order valence-electron chi connectivity index (χ0n) is 8.94. The van der Waals surface area contributed by atoms with E-state index in [1.165, 1.54) is 0 Å². The van der Waals surface area contributed by atoms with Crippen molar-refractivity contribution in [1.29, 1.82) is 5.26 Å². The van der Waals surface area contributed by atoms with Gasteiger partial charge in [-0.3, -0.25) is 4.98 Å². The maximum atomic E-state index is 8.89. The van der Waals surface area contributed by atoms with Crippen LogP contribution in [0.1, 0.15) is 5.56 Å². The van der Waals surface area contributed by atoms with Gasteiger partial charge in [0.05, 0.1) is 30.2 Å². The summed E-state index contributed by atoms with van der Waals surface area (Å²) >= 11 is 0. The summed E-state index contributed by atoms with van der Waals surface area (Å²) in [6, 6.07) is 3.82. The van der Waals surface area contributed by atoms with Crippen LogP contribution >= 0.6 is 0 Å². The highest BCUT2D eigenvalue weighted by atomic mass is 16.5. The second-order valence-corrected chi connectivity index (χ2v) is 3.61. The quantitative estimate of drug-likeness (QED) is 0.766. The Labute approximate surface area is 94.4 Å². The van der Waals surface area contributed by atoms with Crippen LogP contribution in [0.5, 0.6) is 0 Å². The Morgan fingerprint density at radius 1 is 1.69 bits per heavy atom. The predicted molar refractivity (Wildman–Crippen MR) is 60.1 cm³/mol. The molecule has 2 N–H and O–H groups in total. The summed E-state index contributed by atoms with van der Waals surface area (Å²) in [5.41, 5.74) is 1.37. The van der Waals surface area contributed by atoms with Crippen LogP contribution in [0.2, 0.25) is 0 Å². The van der Waals surface area contributed by atoms with E-state index in [2.05, 4.69) is 21.7 Å². The Morgan fingerprint density at radius 2 is 2.62 bits per heavy atom. The molecule has 1 aliphatic heterocycles. The van der Waals surface area contributed by atoms with Crippen LogP contribution in [-0.4, -0.2) is 37.3 Å². The molecule has 16 heavy (non-hydrogen) atoms. The zero-order chi connectivity index (χ0) is 11.2. The molecule has 1 saturated heterocycles. The number of hydrogen-bond acceptors (Lipinski definition) is 5. The lowest BCUT2D eigenvalue weighted by molar-refractivity contribution is 0.0372. The maximum Gasteiger partial charge on any atom is 0.101 e. The summed E-state index contributed by atoms with van der Waals surface area (Å²) in [6.45, 7) is 3.18. The van der Waals surface area contributed by atoms with Crippen LogP contribution in [0, 0.1) is 11.3 Å². The first-order valence-corrected chi connectivity index (χ1v) is 5.30. The number of anilines is 1. The van der Waals surface area contributed by atoms with Gasteiger partial charge in [0.25, 0.3) is 0 Å². The van der Waals surface area contributed by atoms with Crippen molar-refractivity contribution < 1.29 is 4.74 Å². The first-order chi connectivity index (χ1) is 7.90. The number of nitrogens with zero attached hydrogens (tertiary/aromatic N) is 2. The number of ether oxygens (including phenoxy) is 1. The topological polar surface area (TPSA) is 70.0 Å². The van der Waals surface area contributed by atoms with Crippen molar-refractivity contribution >= 4 is 5.69 Å². The Bertz CT molecular complexity index is 382. The summed E-state index contributed by atoms with van der Waals surface area (Å²) in [5.74, 6) is 0. The first kappa shape index (κ1) is 10.9. The summed E-state index contributed by atoms with van der Waals surface area (Å²) in [4.78, 5) is 3.99. The van der Waals surface area contributed by atoms with E-state index in [-0.39, 0.29) is 6.10 Å². The molecule has 0 amide bonds. The number of rotatable bonds is 3. The van der Waals surface area contributed by atoms with Crippen molar-refractivity contribution in [3.63, 3.8) is 0 Å². The number of hydrogen-bond donors (Lipinski definition) is 2. The van der Waals surface area contributed by atoms with E-state index < -0.39 is 0 Å². The predicted octanol–water partition coefficient (Wildman–Crippen LogP) is 0.354. The second-order valence-electron chi connectivity index (χ2n) is 3.61. The molecule has 0 aliphatic carbocycles. The molecule has 1 aromatic heterocycles. The molecule has 0 aromatic carbocycles. The molecular formula is C11H14N4O. The fourth-order valence-corrected chi connectivity index (χ4v) is 1.61. The number of morpholine rings is 1. The molecular weight excluding hydrogens is 204 g/mol. The summed E-state index contributed by atoms with van der Waals surface area (Å²) in [6.07, 6.45) is 3.43. The third-order valence-corrected chi connectivity index (χ3v) is 2.47. The van der Waals surface area contributed by atoms with Crippen LogP contribution in [0.15, 0.2) is 18.5 Å². The van der Waals surface area contributed by atoms with Gasteiger partial charge in [-0.25, -0.2) is 0 Å². The molecule has 1 fully saturated rings. The van der Waals surface area contributed by atoms with Crippen molar-refractivity contribution in [2.75, 3.05) is 31.6 Å². The van der Waals surface area contributed by atoms with E-state index in [1.807, 2.05) is 0 Å². The molecule has 1 aliphatic rings. The van der Waals surface area contributed by atoms with Crippen LogP contribution in [0.3, 0.4) is 0 Å². The fourth-order valence-electron chi connectivity index (χ4n) is 1.61. The molecule has 1 unspecified atom stereocenters. The normalized spacial score (nSPS) is 20.1. The molecule has 2 heterocycles. The van der Waals surface area contributed by atoms with Crippen molar-refractivity contribution in [2.45, 2.75) is 6.10 Å². The van der Waals surface area contributed by atoms with Gasteiger partial charge in [-0.1, -0.05) is 0 Å². The van der Waals surface area contributed by atoms with Crippen LogP contribution < -0.4 is 10.6 Å². The lowest BCUT2D eigenvalue weighted by Gasteiger charge is -2.24. The third-order valence-electron chi connectivity index (χ3n) is 2.47. The van der Waals surface area contributed by atoms with E-state index in [1.54, 1.807) is 18.5 Å². The number of nitrogens with one attached hydrogen (secondary N) is 2. The minimum atomic E-state index is 0.153. The Morgan fingerprint density at radius 3 is 3.38 bits per heavy atom. The Kier molecular flexibility index (Phi) is 3.70. The SMILES string of the molecule is N#Cc1ccncc1NCC1CNCCO1. The van der Waals surface area contributed by atoms with E-state index in [0.717, 1.165) is 25.4 Å². The van der Waals surface area contributed by atoms with E-state index in [4.69, 9.17) is 10.00 Å². The molecule has 0 bridgehead atoms. The monoisotopic (exact) mass is 218 g/mol. The second kappa shape index (κ2) is 5.45. The average molecular weight is 218 g/mol. The molecule has 84 valence electrons. The molecule has 0 saturated carbocycles. The number of nitriles is 1. The molecule has 1 aromatic rings. The van der Waals surface area contributed by atoms with Crippen LogP contribution in [0.4, 0.5) is 5.69 Å². The number of aromatic nitrogens is 1. The summed E-state index contributed by atoms with van der Waals surface area (Å²) in [7, 11) is 0. The molecule has 5 heteroatoms. The van der Waals surface area contributed by atoms with Crippen LogP contribution in [0.25, 0.3) is 0 Å².